The summed E-state index contributed by atoms with van der Waals surface area (Å²) in [6.45, 7) is 1.23. The Balaban J connectivity index is 1.86. The molecule has 122 valence electrons. The molecule has 2 heterocycles. The summed E-state index contributed by atoms with van der Waals surface area (Å²) in [5.41, 5.74) is 0.105. The standard InChI is InChI=1S/C13H17F3N4O2/c1-20-11(10(7-19-20)13(14,15)16)8-18-12(21)17-6-9-2-4-22-5-3-9/h2,7H,3-6,8H2,1H3,(H2,17,18,21). The molecule has 0 spiro atoms. The highest BCUT2D eigenvalue weighted by Gasteiger charge is 2.35. The van der Waals surface area contributed by atoms with Crippen molar-refractivity contribution in [2.24, 2.45) is 7.05 Å². The minimum Gasteiger partial charge on any atom is -0.377 e. The second kappa shape index (κ2) is 6.82. The van der Waals surface area contributed by atoms with Crippen molar-refractivity contribution >= 4 is 6.03 Å². The number of hydrogen-bond donors (Lipinski definition) is 2. The smallest absolute Gasteiger partial charge is 0.377 e. The number of halogens is 3. The number of aromatic nitrogens is 2. The summed E-state index contributed by atoms with van der Waals surface area (Å²) >= 11 is 0. The fraction of sp³-hybridized carbons (Fsp3) is 0.538. The molecular weight excluding hydrogens is 301 g/mol. The molecule has 2 amide bonds. The third kappa shape index (κ3) is 4.23. The largest absolute Gasteiger partial charge is 0.419 e. The van der Waals surface area contributed by atoms with E-state index in [0.29, 0.717) is 19.8 Å². The first-order valence-electron chi connectivity index (χ1n) is 6.73. The Morgan fingerprint density at radius 1 is 1.41 bits per heavy atom. The van der Waals surface area contributed by atoms with Crippen LogP contribution in [0.2, 0.25) is 0 Å². The minimum atomic E-state index is -4.49. The fourth-order valence-electron chi connectivity index (χ4n) is 2.06. The van der Waals surface area contributed by atoms with Crippen molar-refractivity contribution in [2.75, 3.05) is 19.8 Å². The number of nitrogens with zero attached hydrogens (tertiary/aromatic N) is 2. The zero-order chi connectivity index (χ0) is 16.2. The zero-order valence-corrected chi connectivity index (χ0v) is 12.0. The van der Waals surface area contributed by atoms with Crippen molar-refractivity contribution in [3.05, 3.63) is 29.1 Å². The first-order valence-corrected chi connectivity index (χ1v) is 6.73. The Labute approximate surface area is 125 Å². The predicted molar refractivity (Wildman–Crippen MR) is 72.0 cm³/mol. The summed E-state index contributed by atoms with van der Waals surface area (Å²) in [6, 6.07) is -0.526. The van der Waals surface area contributed by atoms with Crippen LogP contribution in [0.3, 0.4) is 0 Å². The van der Waals surface area contributed by atoms with Crippen molar-refractivity contribution in [1.82, 2.24) is 20.4 Å². The van der Waals surface area contributed by atoms with E-state index >= 15 is 0 Å². The highest BCUT2D eigenvalue weighted by atomic mass is 19.4. The topological polar surface area (TPSA) is 68.2 Å². The van der Waals surface area contributed by atoms with E-state index in [-0.39, 0.29) is 12.2 Å². The summed E-state index contributed by atoms with van der Waals surface area (Å²) < 4.78 is 44.6. The highest BCUT2D eigenvalue weighted by Crippen LogP contribution is 2.31. The van der Waals surface area contributed by atoms with Gasteiger partial charge in [0.15, 0.2) is 0 Å². The van der Waals surface area contributed by atoms with Gasteiger partial charge in [-0.3, -0.25) is 4.68 Å². The minimum absolute atomic E-state index is 0.0899. The van der Waals surface area contributed by atoms with E-state index in [9.17, 15) is 18.0 Å². The van der Waals surface area contributed by atoms with E-state index in [1.807, 2.05) is 6.08 Å². The highest BCUT2D eigenvalue weighted by molar-refractivity contribution is 5.74. The van der Waals surface area contributed by atoms with Crippen molar-refractivity contribution < 1.29 is 22.7 Å². The number of rotatable bonds is 4. The third-order valence-corrected chi connectivity index (χ3v) is 3.32. The van der Waals surface area contributed by atoms with Gasteiger partial charge in [0.1, 0.15) is 0 Å². The Hall–Kier alpha value is -2.03. The van der Waals surface area contributed by atoms with E-state index in [4.69, 9.17) is 4.74 Å². The number of carbonyl (C=O) groups is 1. The lowest BCUT2D eigenvalue weighted by Crippen LogP contribution is -2.37. The van der Waals surface area contributed by atoms with Crippen LogP contribution in [0.4, 0.5) is 18.0 Å². The Morgan fingerprint density at radius 2 is 2.14 bits per heavy atom. The molecule has 2 N–H and O–H groups in total. The van der Waals surface area contributed by atoms with Gasteiger partial charge in [-0.1, -0.05) is 11.6 Å². The van der Waals surface area contributed by atoms with E-state index < -0.39 is 17.8 Å². The molecule has 0 bridgehead atoms. The van der Waals surface area contributed by atoms with Crippen LogP contribution in [0.1, 0.15) is 17.7 Å². The number of hydrogen-bond acceptors (Lipinski definition) is 3. The van der Waals surface area contributed by atoms with Crippen LogP contribution in [0.15, 0.2) is 17.8 Å². The maximum atomic E-state index is 12.8. The lowest BCUT2D eigenvalue weighted by Gasteiger charge is -2.15. The molecule has 0 saturated carbocycles. The van der Waals surface area contributed by atoms with Gasteiger partial charge < -0.3 is 15.4 Å². The van der Waals surface area contributed by atoms with Crippen molar-refractivity contribution in [2.45, 2.75) is 19.1 Å². The van der Waals surface area contributed by atoms with E-state index in [0.717, 1.165) is 22.9 Å². The molecule has 1 aromatic heterocycles. The third-order valence-electron chi connectivity index (χ3n) is 3.32. The SMILES string of the molecule is Cn1ncc(C(F)(F)F)c1CNC(=O)NCC1=CCOCC1. The molecule has 0 aliphatic carbocycles. The summed E-state index contributed by atoms with van der Waals surface area (Å²) in [7, 11) is 1.40. The van der Waals surface area contributed by atoms with Crippen LogP contribution in [-0.2, 0) is 24.5 Å². The molecule has 6 nitrogen and oxygen atoms in total. The average molecular weight is 318 g/mol. The summed E-state index contributed by atoms with van der Waals surface area (Å²) in [6.07, 6.45) is -1.12. The molecular formula is C13H17F3N4O2. The summed E-state index contributed by atoms with van der Waals surface area (Å²) in [5, 5.41) is 8.60. The molecule has 0 aromatic carbocycles. The lowest BCUT2D eigenvalue weighted by molar-refractivity contribution is -0.138. The Kier molecular flexibility index (Phi) is 5.07. The van der Waals surface area contributed by atoms with Crippen molar-refractivity contribution in [3.63, 3.8) is 0 Å². The molecule has 9 heteroatoms. The van der Waals surface area contributed by atoms with Gasteiger partial charge in [0.05, 0.1) is 37.2 Å². The summed E-state index contributed by atoms with van der Waals surface area (Å²) in [4.78, 5) is 11.7. The maximum Gasteiger partial charge on any atom is 0.419 e. The van der Waals surface area contributed by atoms with Crippen molar-refractivity contribution in [1.29, 1.82) is 0 Å². The monoisotopic (exact) mass is 318 g/mol. The van der Waals surface area contributed by atoms with Gasteiger partial charge in [-0.15, -0.1) is 0 Å². The Bertz CT molecular complexity index is 566. The molecule has 1 aliphatic rings. The molecule has 1 aromatic rings. The van der Waals surface area contributed by atoms with Gasteiger partial charge in [0.25, 0.3) is 0 Å². The first kappa shape index (κ1) is 16.3. The number of nitrogens with one attached hydrogen (secondary N) is 2. The van der Waals surface area contributed by atoms with Crippen LogP contribution < -0.4 is 10.6 Å². The van der Waals surface area contributed by atoms with Gasteiger partial charge in [-0.05, 0) is 6.42 Å². The summed E-state index contributed by atoms with van der Waals surface area (Å²) in [5.74, 6) is 0. The second-order valence-corrected chi connectivity index (χ2v) is 4.85. The number of aryl methyl sites for hydroxylation is 1. The number of urea groups is 1. The van der Waals surface area contributed by atoms with E-state index in [1.165, 1.54) is 7.05 Å². The van der Waals surface area contributed by atoms with Crippen LogP contribution in [0.25, 0.3) is 0 Å². The zero-order valence-electron chi connectivity index (χ0n) is 12.0. The van der Waals surface area contributed by atoms with Gasteiger partial charge in [-0.25, -0.2) is 4.79 Å². The first-order chi connectivity index (χ1) is 10.4. The number of ether oxygens (including phenoxy) is 1. The lowest BCUT2D eigenvalue weighted by atomic mass is 10.1. The normalized spacial score (nSPS) is 15.4. The van der Waals surface area contributed by atoms with Gasteiger partial charge in [-0.2, -0.15) is 18.3 Å². The van der Waals surface area contributed by atoms with Gasteiger partial charge >= 0.3 is 12.2 Å². The number of amides is 2. The molecule has 2 rings (SSSR count). The predicted octanol–water partition coefficient (Wildman–Crippen LogP) is 1.58. The molecule has 0 fully saturated rings. The maximum absolute atomic E-state index is 12.8. The van der Waals surface area contributed by atoms with Gasteiger partial charge in [0.2, 0.25) is 0 Å². The molecule has 0 radical (unpaired) electrons. The average Bonchev–Trinajstić information content (AvgIpc) is 2.85. The molecule has 0 atom stereocenters. The Morgan fingerprint density at radius 3 is 2.77 bits per heavy atom. The van der Waals surface area contributed by atoms with E-state index in [1.54, 1.807) is 0 Å². The van der Waals surface area contributed by atoms with Crippen LogP contribution in [-0.4, -0.2) is 35.6 Å². The van der Waals surface area contributed by atoms with Crippen molar-refractivity contribution in [3.8, 4) is 0 Å². The molecule has 22 heavy (non-hydrogen) atoms. The second-order valence-electron chi connectivity index (χ2n) is 4.85. The van der Waals surface area contributed by atoms with Crippen LogP contribution in [0.5, 0.6) is 0 Å². The molecule has 0 saturated heterocycles. The molecule has 1 aliphatic heterocycles. The molecule has 0 unspecified atom stereocenters. The quantitative estimate of drug-likeness (QED) is 0.828. The number of alkyl halides is 3. The number of carbonyl (C=O) groups excluding carboxylic acids is 1. The fourth-order valence-corrected chi connectivity index (χ4v) is 2.06. The van der Waals surface area contributed by atoms with Crippen LogP contribution in [0, 0.1) is 0 Å². The van der Waals surface area contributed by atoms with Gasteiger partial charge in [0, 0.05) is 13.6 Å². The van der Waals surface area contributed by atoms with Crippen LogP contribution >= 0.6 is 0 Å². The van der Waals surface area contributed by atoms with E-state index in [2.05, 4.69) is 15.7 Å².